The molecule has 2 heterocycles. The molecule has 1 aromatic carbocycles. The SMILES string of the molecule is CCCCC(CC(=O)NO)C(=O)N1CC2(CC2)CC1c1nc2ccccc2[nH]1. The summed E-state index contributed by atoms with van der Waals surface area (Å²) in [6.45, 7) is 2.80. The van der Waals surface area contributed by atoms with Gasteiger partial charge in [-0.1, -0.05) is 31.9 Å². The number of unbranched alkanes of at least 4 members (excludes halogenated alkanes) is 1. The molecule has 1 aliphatic heterocycles. The quantitative estimate of drug-likeness (QED) is 0.504. The van der Waals surface area contributed by atoms with Crippen LogP contribution in [0.1, 0.15) is 63.7 Å². The number of hydrogen-bond acceptors (Lipinski definition) is 4. The predicted molar refractivity (Wildman–Crippen MR) is 104 cm³/mol. The first-order valence-corrected chi connectivity index (χ1v) is 10.2. The highest BCUT2D eigenvalue weighted by atomic mass is 16.5. The molecular formula is C21H28N4O3. The number of nitrogens with zero attached hydrogens (tertiary/aromatic N) is 2. The molecule has 0 bridgehead atoms. The number of fused-ring (bicyclic) bond motifs is 1. The lowest BCUT2D eigenvalue weighted by atomic mass is 9.96. The number of H-pyrrole nitrogens is 1. The molecule has 150 valence electrons. The van der Waals surface area contributed by atoms with E-state index in [1.54, 1.807) is 5.48 Å². The second-order valence-corrected chi connectivity index (χ2v) is 8.40. The minimum atomic E-state index is -0.505. The summed E-state index contributed by atoms with van der Waals surface area (Å²) in [5, 5.41) is 8.92. The number of aromatic amines is 1. The van der Waals surface area contributed by atoms with E-state index in [0.717, 1.165) is 55.5 Å². The molecule has 2 unspecified atom stereocenters. The molecule has 1 spiro atoms. The summed E-state index contributed by atoms with van der Waals surface area (Å²) >= 11 is 0. The summed E-state index contributed by atoms with van der Waals surface area (Å²) in [6.07, 6.45) is 5.72. The van der Waals surface area contributed by atoms with Crippen molar-refractivity contribution in [3.8, 4) is 0 Å². The molecule has 1 saturated carbocycles. The minimum Gasteiger partial charge on any atom is -0.340 e. The second kappa shape index (κ2) is 7.54. The standard InChI is InChI=1S/C21H28N4O3/c1-2-3-6-14(11-18(26)24-28)20(27)25-13-21(9-10-21)12-17(25)19-22-15-7-4-5-8-16(15)23-19/h4-5,7-8,14,17,28H,2-3,6,9-13H2,1H3,(H,22,23)(H,24,26). The van der Waals surface area contributed by atoms with Gasteiger partial charge in [0, 0.05) is 18.9 Å². The third-order valence-electron chi connectivity index (χ3n) is 6.28. The molecule has 2 aliphatic rings. The lowest BCUT2D eigenvalue weighted by molar-refractivity contribution is -0.141. The molecule has 2 amide bonds. The van der Waals surface area contributed by atoms with Crippen molar-refractivity contribution in [2.45, 2.75) is 57.9 Å². The van der Waals surface area contributed by atoms with Crippen LogP contribution in [0.3, 0.4) is 0 Å². The van der Waals surface area contributed by atoms with E-state index < -0.39 is 11.8 Å². The molecule has 2 aromatic rings. The first-order valence-electron chi connectivity index (χ1n) is 10.2. The first kappa shape index (κ1) is 18.9. The van der Waals surface area contributed by atoms with Crippen molar-refractivity contribution in [2.24, 2.45) is 11.3 Å². The normalized spacial score (nSPS) is 21.2. The molecule has 0 radical (unpaired) electrons. The smallest absolute Gasteiger partial charge is 0.244 e. The van der Waals surface area contributed by atoms with E-state index in [4.69, 9.17) is 10.2 Å². The van der Waals surface area contributed by atoms with Crippen LogP contribution in [0.4, 0.5) is 0 Å². The summed E-state index contributed by atoms with van der Waals surface area (Å²) in [6, 6.07) is 7.82. The Morgan fingerprint density at radius 2 is 2.18 bits per heavy atom. The van der Waals surface area contributed by atoms with E-state index in [1.807, 2.05) is 29.2 Å². The molecule has 4 rings (SSSR count). The molecular weight excluding hydrogens is 356 g/mol. The van der Waals surface area contributed by atoms with E-state index in [2.05, 4.69) is 11.9 Å². The van der Waals surface area contributed by atoms with Gasteiger partial charge in [0.2, 0.25) is 11.8 Å². The molecule has 7 heteroatoms. The Hall–Kier alpha value is -2.41. The Morgan fingerprint density at radius 1 is 1.39 bits per heavy atom. The number of likely N-dealkylation sites (tertiary alicyclic amines) is 1. The summed E-state index contributed by atoms with van der Waals surface area (Å²) in [7, 11) is 0. The zero-order valence-corrected chi connectivity index (χ0v) is 16.3. The minimum absolute atomic E-state index is 0.00582. The van der Waals surface area contributed by atoms with Gasteiger partial charge in [-0.3, -0.25) is 14.8 Å². The molecule has 1 aromatic heterocycles. The largest absolute Gasteiger partial charge is 0.340 e. The third kappa shape index (κ3) is 3.63. The number of carbonyl (C=O) groups excluding carboxylic acids is 2. The third-order valence-corrected chi connectivity index (χ3v) is 6.28. The Balaban J connectivity index is 1.60. The molecule has 1 aliphatic carbocycles. The number of rotatable bonds is 7. The summed E-state index contributed by atoms with van der Waals surface area (Å²) in [5.41, 5.74) is 3.78. The lowest BCUT2D eigenvalue weighted by Crippen LogP contribution is -2.38. The average molecular weight is 384 g/mol. The molecule has 28 heavy (non-hydrogen) atoms. The fourth-order valence-corrected chi connectivity index (χ4v) is 4.47. The second-order valence-electron chi connectivity index (χ2n) is 8.40. The Bertz CT molecular complexity index is 840. The molecule has 7 nitrogen and oxygen atoms in total. The van der Waals surface area contributed by atoms with Gasteiger partial charge >= 0.3 is 0 Å². The number of carbonyl (C=O) groups is 2. The Kier molecular flexibility index (Phi) is 5.10. The van der Waals surface area contributed by atoms with Gasteiger partial charge in [-0.05, 0) is 43.2 Å². The molecule has 2 atom stereocenters. The highest BCUT2D eigenvalue weighted by Crippen LogP contribution is 2.58. The van der Waals surface area contributed by atoms with E-state index in [-0.39, 0.29) is 23.8 Å². The van der Waals surface area contributed by atoms with Gasteiger partial charge < -0.3 is 9.88 Å². The van der Waals surface area contributed by atoms with Crippen LogP contribution in [0.25, 0.3) is 11.0 Å². The van der Waals surface area contributed by atoms with E-state index in [1.165, 1.54) is 0 Å². The Labute approximate surface area is 164 Å². The number of benzene rings is 1. The van der Waals surface area contributed by atoms with Gasteiger partial charge in [0.15, 0.2) is 0 Å². The van der Waals surface area contributed by atoms with Crippen LogP contribution >= 0.6 is 0 Å². The fraction of sp³-hybridized carbons (Fsp3) is 0.571. The summed E-state index contributed by atoms with van der Waals surface area (Å²) < 4.78 is 0. The van der Waals surface area contributed by atoms with Crippen LogP contribution < -0.4 is 5.48 Å². The van der Waals surface area contributed by atoms with E-state index in [0.29, 0.717) is 6.42 Å². The van der Waals surface area contributed by atoms with Crippen molar-refractivity contribution in [1.29, 1.82) is 0 Å². The van der Waals surface area contributed by atoms with E-state index in [9.17, 15) is 9.59 Å². The van der Waals surface area contributed by atoms with Crippen molar-refractivity contribution >= 4 is 22.8 Å². The highest BCUT2D eigenvalue weighted by Gasteiger charge is 2.54. The number of hydrogen-bond donors (Lipinski definition) is 3. The van der Waals surface area contributed by atoms with Crippen LogP contribution in [-0.4, -0.2) is 38.4 Å². The molecule has 2 fully saturated rings. The fourth-order valence-electron chi connectivity index (χ4n) is 4.47. The van der Waals surface area contributed by atoms with Gasteiger partial charge in [-0.2, -0.15) is 0 Å². The van der Waals surface area contributed by atoms with Crippen LogP contribution in [0.2, 0.25) is 0 Å². The van der Waals surface area contributed by atoms with Crippen molar-refractivity contribution in [3.63, 3.8) is 0 Å². The van der Waals surface area contributed by atoms with Gasteiger partial charge in [0.25, 0.3) is 0 Å². The Morgan fingerprint density at radius 3 is 2.86 bits per heavy atom. The maximum atomic E-state index is 13.4. The zero-order chi connectivity index (χ0) is 19.7. The maximum Gasteiger partial charge on any atom is 0.244 e. The maximum absolute atomic E-state index is 13.4. The number of nitrogens with one attached hydrogen (secondary N) is 2. The topological polar surface area (TPSA) is 98.3 Å². The van der Waals surface area contributed by atoms with Crippen LogP contribution in [0.5, 0.6) is 0 Å². The number of hydroxylamine groups is 1. The number of aromatic nitrogens is 2. The predicted octanol–water partition coefficient (Wildman–Crippen LogP) is 3.32. The van der Waals surface area contributed by atoms with Crippen molar-refractivity contribution in [2.75, 3.05) is 6.54 Å². The monoisotopic (exact) mass is 384 g/mol. The van der Waals surface area contributed by atoms with Gasteiger partial charge in [0.1, 0.15) is 5.82 Å². The van der Waals surface area contributed by atoms with Crippen LogP contribution in [-0.2, 0) is 9.59 Å². The average Bonchev–Trinajstić information content (AvgIpc) is 3.15. The van der Waals surface area contributed by atoms with E-state index >= 15 is 0 Å². The van der Waals surface area contributed by atoms with Crippen LogP contribution in [0.15, 0.2) is 24.3 Å². The van der Waals surface area contributed by atoms with Crippen molar-refractivity contribution < 1.29 is 14.8 Å². The van der Waals surface area contributed by atoms with Crippen LogP contribution in [0, 0.1) is 11.3 Å². The van der Waals surface area contributed by atoms with Gasteiger partial charge in [-0.25, -0.2) is 10.5 Å². The summed E-state index contributed by atoms with van der Waals surface area (Å²) in [5.74, 6) is -0.0755. The first-order chi connectivity index (χ1) is 13.5. The molecule has 3 N–H and O–H groups in total. The zero-order valence-electron chi connectivity index (χ0n) is 16.3. The number of imidazole rings is 1. The summed E-state index contributed by atoms with van der Waals surface area (Å²) in [4.78, 5) is 35.3. The highest BCUT2D eigenvalue weighted by molar-refractivity contribution is 5.86. The van der Waals surface area contributed by atoms with Crippen molar-refractivity contribution in [3.05, 3.63) is 30.1 Å². The van der Waals surface area contributed by atoms with Gasteiger partial charge in [0.05, 0.1) is 17.1 Å². The number of para-hydroxylation sites is 2. The number of amides is 2. The molecule has 1 saturated heterocycles. The van der Waals surface area contributed by atoms with Gasteiger partial charge in [-0.15, -0.1) is 0 Å². The van der Waals surface area contributed by atoms with Crippen molar-refractivity contribution in [1.82, 2.24) is 20.3 Å². The lowest BCUT2D eigenvalue weighted by Gasteiger charge is -2.27.